The van der Waals surface area contributed by atoms with Gasteiger partial charge in [-0.15, -0.1) is 0 Å². The zero-order valence-electron chi connectivity index (χ0n) is 10.8. The molecule has 0 spiro atoms. The average Bonchev–Trinajstić information content (AvgIpc) is 2.13. The third-order valence-corrected chi connectivity index (χ3v) is 3.24. The zero-order chi connectivity index (χ0) is 13.6. The maximum Gasteiger partial charge on any atom is 0.309 e. The van der Waals surface area contributed by atoms with Crippen molar-refractivity contribution in [3.05, 3.63) is 0 Å². The molecule has 0 rings (SSSR count). The minimum absolute atomic E-state index is 0.0537. The Morgan fingerprint density at radius 3 is 2.35 bits per heavy atom. The number of amides is 1. The van der Waals surface area contributed by atoms with E-state index in [1.807, 2.05) is 6.92 Å². The molecule has 0 radical (unpaired) electrons. The van der Waals surface area contributed by atoms with E-state index in [4.69, 9.17) is 5.11 Å². The second kappa shape index (κ2) is 6.74. The molecule has 1 amide bonds. The molecule has 6 heteroatoms. The molecule has 0 aromatic carbocycles. The molecule has 100 valence electrons. The molecule has 2 atom stereocenters. The standard InChI is InChI=1S/C11H21NO4S/c1-8(5-6-17(4)16)12-9(13)7-11(2,3)10(14)15/h8H,5-7H2,1-4H3,(H,12,13)(H,14,15). The predicted molar refractivity (Wildman–Crippen MR) is 67.2 cm³/mol. The molecule has 0 saturated carbocycles. The SMILES string of the molecule is CC(CCS(C)=O)NC(=O)CC(C)(C)C(=O)O. The average molecular weight is 263 g/mol. The third-order valence-electron chi connectivity index (χ3n) is 2.43. The van der Waals surface area contributed by atoms with Crippen molar-refractivity contribution in [3.8, 4) is 0 Å². The van der Waals surface area contributed by atoms with Crippen LogP contribution in [-0.2, 0) is 20.4 Å². The van der Waals surface area contributed by atoms with Gasteiger partial charge < -0.3 is 10.4 Å². The number of carbonyl (C=O) groups is 2. The molecule has 0 aliphatic heterocycles. The molecule has 2 N–H and O–H groups in total. The van der Waals surface area contributed by atoms with Crippen LogP contribution in [0.25, 0.3) is 0 Å². The van der Waals surface area contributed by atoms with E-state index < -0.39 is 22.2 Å². The summed E-state index contributed by atoms with van der Waals surface area (Å²) < 4.78 is 10.9. The monoisotopic (exact) mass is 263 g/mol. The largest absolute Gasteiger partial charge is 0.481 e. The number of nitrogens with one attached hydrogen (secondary N) is 1. The van der Waals surface area contributed by atoms with Crippen molar-refractivity contribution in [2.75, 3.05) is 12.0 Å². The molecule has 17 heavy (non-hydrogen) atoms. The summed E-state index contributed by atoms with van der Waals surface area (Å²) in [4.78, 5) is 22.4. The van der Waals surface area contributed by atoms with Gasteiger partial charge in [-0.25, -0.2) is 0 Å². The van der Waals surface area contributed by atoms with Crippen molar-refractivity contribution in [1.82, 2.24) is 5.32 Å². The first-order valence-electron chi connectivity index (χ1n) is 5.48. The Balaban J connectivity index is 4.10. The molecule has 0 aliphatic rings. The third kappa shape index (κ3) is 7.10. The fourth-order valence-corrected chi connectivity index (χ4v) is 1.90. The van der Waals surface area contributed by atoms with E-state index in [1.165, 1.54) is 13.8 Å². The molecule has 2 unspecified atom stereocenters. The molecular formula is C11H21NO4S. The summed E-state index contributed by atoms with van der Waals surface area (Å²) in [6.07, 6.45) is 2.19. The minimum Gasteiger partial charge on any atom is -0.481 e. The van der Waals surface area contributed by atoms with Gasteiger partial charge in [-0.3, -0.25) is 13.8 Å². The number of carboxylic acid groups (broad SMARTS) is 1. The smallest absolute Gasteiger partial charge is 0.309 e. The van der Waals surface area contributed by atoms with Gasteiger partial charge in [-0.05, 0) is 27.2 Å². The number of carboxylic acids is 1. The fourth-order valence-electron chi connectivity index (χ4n) is 1.22. The van der Waals surface area contributed by atoms with Crippen LogP contribution in [-0.4, -0.2) is 39.2 Å². The molecule has 0 saturated heterocycles. The summed E-state index contributed by atoms with van der Waals surface area (Å²) in [5.41, 5.74) is -1.06. The fraction of sp³-hybridized carbons (Fsp3) is 0.818. The van der Waals surface area contributed by atoms with Crippen molar-refractivity contribution in [2.24, 2.45) is 5.41 Å². The van der Waals surface area contributed by atoms with Gasteiger partial charge in [0.1, 0.15) is 0 Å². The van der Waals surface area contributed by atoms with Gasteiger partial charge in [0, 0.05) is 35.3 Å². The lowest BCUT2D eigenvalue weighted by Gasteiger charge is -2.20. The van der Waals surface area contributed by atoms with Crippen LogP contribution in [0.5, 0.6) is 0 Å². The minimum atomic E-state index is -1.06. The Morgan fingerprint density at radius 2 is 1.94 bits per heavy atom. The van der Waals surface area contributed by atoms with Crippen LogP contribution in [0.1, 0.15) is 33.6 Å². The van der Waals surface area contributed by atoms with Crippen LogP contribution in [0.4, 0.5) is 0 Å². The van der Waals surface area contributed by atoms with Gasteiger partial charge in [0.05, 0.1) is 5.41 Å². The van der Waals surface area contributed by atoms with Gasteiger partial charge in [0.2, 0.25) is 5.91 Å². The Morgan fingerprint density at radius 1 is 1.41 bits per heavy atom. The highest BCUT2D eigenvalue weighted by Crippen LogP contribution is 2.20. The quantitative estimate of drug-likeness (QED) is 0.710. The van der Waals surface area contributed by atoms with Crippen molar-refractivity contribution in [1.29, 1.82) is 0 Å². The second-order valence-corrected chi connectivity index (χ2v) is 6.46. The Hall–Kier alpha value is -0.910. The van der Waals surface area contributed by atoms with Gasteiger partial charge in [-0.1, -0.05) is 0 Å². The zero-order valence-corrected chi connectivity index (χ0v) is 11.6. The van der Waals surface area contributed by atoms with Crippen LogP contribution in [0.2, 0.25) is 0 Å². The van der Waals surface area contributed by atoms with Crippen LogP contribution in [0.3, 0.4) is 0 Å². The van der Waals surface area contributed by atoms with Crippen LogP contribution >= 0.6 is 0 Å². The maximum absolute atomic E-state index is 11.6. The summed E-state index contributed by atoms with van der Waals surface area (Å²) in [7, 11) is -0.873. The van der Waals surface area contributed by atoms with Gasteiger partial charge in [0.25, 0.3) is 0 Å². The predicted octanol–water partition coefficient (Wildman–Crippen LogP) is 0.761. The van der Waals surface area contributed by atoms with Gasteiger partial charge >= 0.3 is 5.97 Å². The van der Waals surface area contributed by atoms with Crippen molar-refractivity contribution < 1.29 is 18.9 Å². The summed E-state index contributed by atoms with van der Waals surface area (Å²) in [6, 6.07) is -0.0870. The Bertz CT molecular complexity index is 315. The maximum atomic E-state index is 11.6. The molecule has 0 heterocycles. The van der Waals surface area contributed by atoms with Crippen molar-refractivity contribution in [3.63, 3.8) is 0 Å². The van der Waals surface area contributed by atoms with Crippen molar-refractivity contribution in [2.45, 2.75) is 39.7 Å². The first-order chi connectivity index (χ1) is 7.65. The summed E-state index contributed by atoms with van der Waals surface area (Å²) in [5.74, 6) is -0.745. The summed E-state index contributed by atoms with van der Waals surface area (Å²) in [6.45, 7) is 4.85. The summed E-state index contributed by atoms with van der Waals surface area (Å²) >= 11 is 0. The lowest BCUT2D eigenvalue weighted by Crippen LogP contribution is -2.38. The van der Waals surface area contributed by atoms with E-state index in [9.17, 15) is 13.8 Å². The molecule has 0 bridgehead atoms. The number of aliphatic carboxylic acids is 1. The number of carbonyl (C=O) groups excluding carboxylic acids is 1. The molecule has 0 aromatic rings. The van der Waals surface area contributed by atoms with E-state index in [0.29, 0.717) is 12.2 Å². The van der Waals surface area contributed by atoms with E-state index in [-0.39, 0.29) is 18.4 Å². The summed E-state index contributed by atoms with van der Waals surface area (Å²) in [5, 5.41) is 11.6. The molecule has 5 nitrogen and oxygen atoms in total. The van der Waals surface area contributed by atoms with Crippen LogP contribution in [0, 0.1) is 5.41 Å². The highest BCUT2D eigenvalue weighted by Gasteiger charge is 2.30. The van der Waals surface area contributed by atoms with Gasteiger partial charge in [-0.2, -0.15) is 0 Å². The van der Waals surface area contributed by atoms with Gasteiger partial charge in [0.15, 0.2) is 0 Å². The topological polar surface area (TPSA) is 83.5 Å². The Kier molecular flexibility index (Phi) is 6.37. The molecular weight excluding hydrogens is 242 g/mol. The molecule has 0 fully saturated rings. The van der Waals surface area contributed by atoms with Crippen molar-refractivity contribution >= 4 is 22.7 Å². The highest BCUT2D eigenvalue weighted by molar-refractivity contribution is 7.84. The Labute approximate surface area is 104 Å². The van der Waals surface area contributed by atoms with E-state index in [1.54, 1.807) is 6.26 Å². The van der Waals surface area contributed by atoms with E-state index in [0.717, 1.165) is 0 Å². The van der Waals surface area contributed by atoms with Crippen LogP contribution in [0.15, 0.2) is 0 Å². The molecule has 0 aromatic heterocycles. The first kappa shape index (κ1) is 16.1. The lowest BCUT2D eigenvalue weighted by molar-refractivity contribution is -0.149. The number of hydrogen-bond donors (Lipinski definition) is 2. The van der Waals surface area contributed by atoms with E-state index >= 15 is 0 Å². The lowest BCUT2D eigenvalue weighted by atomic mass is 9.89. The molecule has 0 aliphatic carbocycles. The number of hydrogen-bond acceptors (Lipinski definition) is 3. The van der Waals surface area contributed by atoms with E-state index in [2.05, 4.69) is 5.32 Å². The normalized spacial score (nSPS) is 15.1. The number of rotatable bonds is 7. The van der Waals surface area contributed by atoms with Crippen LogP contribution < -0.4 is 5.32 Å². The second-order valence-electron chi connectivity index (χ2n) is 4.90. The first-order valence-corrected chi connectivity index (χ1v) is 7.20. The highest BCUT2D eigenvalue weighted by atomic mass is 32.2.